The lowest BCUT2D eigenvalue weighted by Crippen LogP contribution is -2.08. The maximum atomic E-state index is 13.1. The number of nitrogen functional groups attached to an aromatic ring is 1. The van der Waals surface area contributed by atoms with Crippen LogP contribution in [0.4, 0.5) is 41.9 Å². The number of nitrogens with one attached hydrogen (secondary N) is 2. The number of alkyl halides is 3. The zero-order valence-corrected chi connectivity index (χ0v) is 16.1. The first-order valence-electron chi connectivity index (χ1n) is 8.82. The summed E-state index contributed by atoms with van der Waals surface area (Å²) >= 11 is 5.67. The van der Waals surface area contributed by atoms with E-state index in [2.05, 4.69) is 20.6 Å². The zero-order valence-electron chi connectivity index (χ0n) is 15.3. The van der Waals surface area contributed by atoms with Crippen LogP contribution < -0.4 is 16.4 Å². The summed E-state index contributed by atoms with van der Waals surface area (Å²) in [5.41, 5.74) is 6.33. The van der Waals surface area contributed by atoms with Crippen molar-refractivity contribution in [1.82, 2.24) is 9.97 Å². The van der Waals surface area contributed by atoms with Crippen LogP contribution in [0.2, 0.25) is 5.02 Å². The van der Waals surface area contributed by atoms with Crippen molar-refractivity contribution in [1.29, 1.82) is 0 Å². The predicted molar refractivity (Wildman–Crippen MR) is 113 cm³/mol. The molecule has 0 aliphatic carbocycles. The number of nitrogens with two attached hydrogens (primary N) is 1. The molecule has 0 aliphatic heterocycles. The van der Waals surface area contributed by atoms with Gasteiger partial charge in [0.2, 0.25) is 0 Å². The molecular formula is C21H15ClF3N5. The number of aromatic nitrogens is 2. The number of hydrogen-bond acceptors (Lipinski definition) is 5. The van der Waals surface area contributed by atoms with Gasteiger partial charge in [0, 0.05) is 16.8 Å². The standard InChI is InChI=1S/C21H15ClF3N5/c22-16-9-8-13(10-15(16)21(23,24)25)29-19-18(26)20(28-11-27-19)30-17-7-3-5-12-4-1-2-6-14(12)17/h1-11H,26H2,(H2,27,28,29,30). The molecular weight excluding hydrogens is 415 g/mol. The Morgan fingerprint density at radius 2 is 1.57 bits per heavy atom. The summed E-state index contributed by atoms with van der Waals surface area (Å²) in [5.74, 6) is 0.497. The molecule has 0 aliphatic rings. The van der Waals surface area contributed by atoms with Crippen molar-refractivity contribution < 1.29 is 13.2 Å². The Hall–Kier alpha value is -3.52. The van der Waals surface area contributed by atoms with E-state index in [0.29, 0.717) is 5.82 Å². The average molecular weight is 430 g/mol. The second kappa shape index (κ2) is 7.72. The summed E-state index contributed by atoms with van der Waals surface area (Å²) in [4.78, 5) is 8.22. The normalized spacial score (nSPS) is 11.5. The molecule has 1 aromatic heterocycles. The van der Waals surface area contributed by atoms with Gasteiger partial charge >= 0.3 is 6.18 Å². The lowest BCUT2D eigenvalue weighted by molar-refractivity contribution is -0.137. The van der Waals surface area contributed by atoms with E-state index >= 15 is 0 Å². The summed E-state index contributed by atoms with van der Waals surface area (Å²) in [7, 11) is 0. The molecule has 30 heavy (non-hydrogen) atoms. The second-order valence-corrected chi connectivity index (χ2v) is 6.86. The number of rotatable bonds is 4. The van der Waals surface area contributed by atoms with Gasteiger partial charge in [0.15, 0.2) is 11.6 Å². The van der Waals surface area contributed by atoms with Crippen LogP contribution in [-0.2, 0) is 6.18 Å². The van der Waals surface area contributed by atoms with Crippen LogP contribution in [0.5, 0.6) is 0 Å². The molecule has 0 saturated heterocycles. The van der Waals surface area contributed by atoms with Gasteiger partial charge in [0.1, 0.15) is 12.0 Å². The molecule has 5 nitrogen and oxygen atoms in total. The number of hydrogen-bond donors (Lipinski definition) is 3. The van der Waals surface area contributed by atoms with E-state index in [9.17, 15) is 13.2 Å². The summed E-state index contributed by atoms with van der Waals surface area (Å²) in [5, 5.41) is 7.59. The van der Waals surface area contributed by atoms with Crippen molar-refractivity contribution in [3.8, 4) is 0 Å². The molecule has 4 aromatic rings. The fourth-order valence-electron chi connectivity index (χ4n) is 3.01. The van der Waals surface area contributed by atoms with Gasteiger partial charge in [0.25, 0.3) is 0 Å². The van der Waals surface area contributed by atoms with Gasteiger partial charge in [-0.15, -0.1) is 0 Å². The number of halogens is 4. The topological polar surface area (TPSA) is 75.9 Å². The summed E-state index contributed by atoms with van der Waals surface area (Å²) in [6.45, 7) is 0. The molecule has 0 unspecified atom stereocenters. The largest absolute Gasteiger partial charge is 0.417 e. The molecule has 0 fully saturated rings. The molecule has 0 atom stereocenters. The van der Waals surface area contributed by atoms with Gasteiger partial charge in [-0.3, -0.25) is 0 Å². The smallest absolute Gasteiger partial charge is 0.393 e. The highest BCUT2D eigenvalue weighted by atomic mass is 35.5. The van der Waals surface area contributed by atoms with Crippen LogP contribution in [0.15, 0.2) is 67.0 Å². The summed E-state index contributed by atoms with van der Waals surface area (Å²) in [6, 6.07) is 17.0. The molecule has 152 valence electrons. The highest BCUT2D eigenvalue weighted by molar-refractivity contribution is 6.31. The van der Waals surface area contributed by atoms with E-state index in [1.807, 2.05) is 42.5 Å². The first-order chi connectivity index (χ1) is 14.3. The Balaban J connectivity index is 1.66. The minimum Gasteiger partial charge on any atom is -0.393 e. The maximum Gasteiger partial charge on any atom is 0.417 e. The Morgan fingerprint density at radius 1 is 0.867 bits per heavy atom. The third-order valence-electron chi connectivity index (χ3n) is 4.46. The molecule has 9 heteroatoms. The Labute approximate surface area is 174 Å². The highest BCUT2D eigenvalue weighted by Crippen LogP contribution is 2.37. The van der Waals surface area contributed by atoms with Gasteiger partial charge in [-0.25, -0.2) is 9.97 Å². The molecule has 0 saturated carbocycles. The van der Waals surface area contributed by atoms with Gasteiger partial charge in [0.05, 0.1) is 10.6 Å². The lowest BCUT2D eigenvalue weighted by atomic mass is 10.1. The maximum absolute atomic E-state index is 13.1. The van der Waals surface area contributed by atoms with Gasteiger partial charge in [-0.1, -0.05) is 48.0 Å². The fraction of sp³-hybridized carbons (Fsp3) is 0.0476. The third kappa shape index (κ3) is 3.95. The van der Waals surface area contributed by atoms with Crippen molar-refractivity contribution in [3.63, 3.8) is 0 Å². The minimum absolute atomic E-state index is 0.147. The van der Waals surface area contributed by atoms with Crippen LogP contribution in [0, 0.1) is 0 Å². The highest BCUT2D eigenvalue weighted by Gasteiger charge is 2.33. The van der Waals surface area contributed by atoms with Crippen molar-refractivity contribution in [3.05, 3.63) is 77.6 Å². The molecule has 0 bridgehead atoms. The second-order valence-electron chi connectivity index (χ2n) is 6.45. The number of anilines is 5. The average Bonchev–Trinajstić information content (AvgIpc) is 2.72. The number of benzene rings is 3. The summed E-state index contributed by atoms with van der Waals surface area (Å²) in [6.07, 6.45) is -3.31. The van der Waals surface area contributed by atoms with Gasteiger partial charge in [-0.05, 0) is 29.7 Å². The van der Waals surface area contributed by atoms with Crippen molar-refractivity contribution in [2.75, 3.05) is 16.4 Å². The third-order valence-corrected chi connectivity index (χ3v) is 4.79. The van der Waals surface area contributed by atoms with Crippen LogP contribution in [-0.4, -0.2) is 9.97 Å². The van der Waals surface area contributed by atoms with Crippen LogP contribution >= 0.6 is 11.6 Å². The quantitative estimate of drug-likeness (QED) is 0.351. The first-order valence-corrected chi connectivity index (χ1v) is 9.20. The number of nitrogens with zero attached hydrogens (tertiary/aromatic N) is 2. The SMILES string of the molecule is Nc1c(Nc2ccc(Cl)c(C(F)(F)F)c2)ncnc1Nc1cccc2ccccc12. The van der Waals surface area contributed by atoms with E-state index in [0.717, 1.165) is 22.5 Å². The Bertz CT molecular complexity index is 1220. The van der Waals surface area contributed by atoms with Crippen molar-refractivity contribution in [2.24, 2.45) is 0 Å². The van der Waals surface area contributed by atoms with E-state index in [4.69, 9.17) is 17.3 Å². The predicted octanol–water partition coefficient (Wildman–Crippen LogP) is 6.37. The van der Waals surface area contributed by atoms with Crippen molar-refractivity contribution >= 4 is 51.1 Å². The summed E-state index contributed by atoms with van der Waals surface area (Å²) < 4.78 is 39.3. The molecule has 0 radical (unpaired) electrons. The van der Waals surface area contributed by atoms with E-state index in [1.54, 1.807) is 0 Å². The molecule has 4 N–H and O–H groups in total. The molecule has 4 rings (SSSR count). The molecule has 1 heterocycles. The molecule has 0 spiro atoms. The Kier molecular flexibility index (Phi) is 5.09. The zero-order chi connectivity index (χ0) is 21.3. The van der Waals surface area contributed by atoms with E-state index < -0.39 is 11.7 Å². The van der Waals surface area contributed by atoms with E-state index in [1.165, 1.54) is 18.5 Å². The lowest BCUT2D eigenvalue weighted by Gasteiger charge is -2.15. The van der Waals surface area contributed by atoms with Gasteiger partial charge < -0.3 is 16.4 Å². The minimum atomic E-state index is -4.58. The van der Waals surface area contributed by atoms with Crippen molar-refractivity contribution in [2.45, 2.75) is 6.18 Å². The van der Waals surface area contributed by atoms with Crippen LogP contribution in [0.1, 0.15) is 5.56 Å². The number of fused-ring (bicyclic) bond motifs is 1. The fourth-order valence-corrected chi connectivity index (χ4v) is 3.24. The first kappa shape index (κ1) is 19.8. The Morgan fingerprint density at radius 3 is 2.33 bits per heavy atom. The van der Waals surface area contributed by atoms with E-state index in [-0.39, 0.29) is 22.2 Å². The molecule has 3 aromatic carbocycles. The van der Waals surface area contributed by atoms with Crippen LogP contribution in [0.3, 0.4) is 0 Å². The molecule has 0 amide bonds. The monoisotopic (exact) mass is 429 g/mol. The van der Waals surface area contributed by atoms with Crippen LogP contribution in [0.25, 0.3) is 10.8 Å². The van der Waals surface area contributed by atoms with Gasteiger partial charge in [-0.2, -0.15) is 13.2 Å².